The Morgan fingerprint density at radius 2 is 2.32 bits per heavy atom. The van der Waals surface area contributed by atoms with Crippen molar-refractivity contribution in [1.29, 1.82) is 0 Å². The van der Waals surface area contributed by atoms with Gasteiger partial charge in [0.2, 0.25) is 0 Å². The number of halogens is 1. The molecule has 1 heterocycles. The number of ether oxygens (including phenoxy) is 1. The molecule has 19 heavy (non-hydrogen) atoms. The first-order chi connectivity index (χ1) is 9.20. The average Bonchev–Trinajstić information content (AvgIpc) is 2.45. The second-order valence-corrected chi connectivity index (χ2v) is 8.00. The number of methoxy groups -OCH3 is 1. The van der Waals surface area contributed by atoms with Gasteiger partial charge in [-0.2, -0.15) is 23.5 Å². The van der Waals surface area contributed by atoms with E-state index in [1.807, 2.05) is 6.07 Å². The van der Waals surface area contributed by atoms with Gasteiger partial charge in [-0.15, -0.1) is 0 Å². The number of nitrogens with one attached hydrogen (secondary N) is 1. The third-order valence-corrected chi connectivity index (χ3v) is 6.68. The van der Waals surface area contributed by atoms with E-state index in [1.54, 1.807) is 7.11 Å². The van der Waals surface area contributed by atoms with Crippen molar-refractivity contribution >= 4 is 39.5 Å². The van der Waals surface area contributed by atoms with Crippen LogP contribution in [0.5, 0.6) is 5.75 Å². The highest BCUT2D eigenvalue weighted by Gasteiger charge is 2.15. The van der Waals surface area contributed by atoms with Crippen LogP contribution in [0.3, 0.4) is 0 Å². The summed E-state index contributed by atoms with van der Waals surface area (Å²) in [5, 5.41) is 4.39. The van der Waals surface area contributed by atoms with Crippen molar-refractivity contribution in [2.45, 2.75) is 18.2 Å². The number of benzene rings is 1. The molecule has 2 nitrogen and oxygen atoms in total. The maximum absolute atomic E-state index is 5.26. The highest BCUT2D eigenvalue weighted by atomic mass is 79.9. The largest absolute Gasteiger partial charge is 0.496 e. The van der Waals surface area contributed by atoms with Gasteiger partial charge in [-0.05, 0) is 40.5 Å². The normalized spacial score (nSPS) is 21.1. The van der Waals surface area contributed by atoms with Gasteiger partial charge in [0.05, 0.1) is 11.6 Å². The van der Waals surface area contributed by atoms with Crippen molar-refractivity contribution < 1.29 is 4.74 Å². The maximum atomic E-state index is 5.26. The summed E-state index contributed by atoms with van der Waals surface area (Å²) in [6.07, 6.45) is 0. The van der Waals surface area contributed by atoms with E-state index in [9.17, 15) is 0 Å². The first-order valence-corrected chi connectivity index (χ1v) is 9.46. The summed E-state index contributed by atoms with van der Waals surface area (Å²) in [4.78, 5) is 0. The molecule has 106 valence electrons. The van der Waals surface area contributed by atoms with Crippen LogP contribution in [0.15, 0.2) is 22.7 Å². The second kappa shape index (κ2) is 7.81. The lowest BCUT2D eigenvalue weighted by molar-refractivity contribution is 0.411. The van der Waals surface area contributed by atoms with E-state index >= 15 is 0 Å². The fourth-order valence-corrected chi connectivity index (χ4v) is 5.22. The summed E-state index contributed by atoms with van der Waals surface area (Å²) < 4.78 is 6.28. The number of hydrogen-bond acceptors (Lipinski definition) is 4. The Bertz CT molecular complexity index is 410. The van der Waals surface area contributed by atoms with Gasteiger partial charge in [0.1, 0.15) is 5.75 Å². The predicted octanol–water partition coefficient (Wildman–Crippen LogP) is 3.96. The number of hydrogen-bond donors (Lipinski definition) is 1. The Labute approximate surface area is 132 Å². The van der Waals surface area contributed by atoms with Crippen molar-refractivity contribution in [2.75, 3.05) is 30.9 Å². The van der Waals surface area contributed by atoms with Crippen LogP contribution >= 0.6 is 39.5 Å². The lowest BCUT2D eigenvalue weighted by Crippen LogP contribution is -2.30. The molecule has 2 rings (SSSR count). The molecule has 1 saturated heterocycles. The Kier molecular flexibility index (Phi) is 6.39. The molecule has 0 spiro atoms. The molecule has 1 aromatic carbocycles. The monoisotopic (exact) mass is 361 g/mol. The molecule has 0 aliphatic carbocycles. The molecular formula is C14H20BrNOS2. The first-order valence-electron chi connectivity index (χ1n) is 6.47. The molecule has 0 aromatic heterocycles. The minimum Gasteiger partial charge on any atom is -0.496 e. The Morgan fingerprint density at radius 1 is 1.47 bits per heavy atom. The number of thioether (sulfide) groups is 2. The summed E-state index contributed by atoms with van der Waals surface area (Å²) in [5.74, 6) is 4.76. The van der Waals surface area contributed by atoms with Crippen molar-refractivity contribution in [2.24, 2.45) is 0 Å². The highest BCUT2D eigenvalue weighted by molar-refractivity contribution is 9.10. The van der Waals surface area contributed by atoms with Crippen molar-refractivity contribution in [3.8, 4) is 5.75 Å². The topological polar surface area (TPSA) is 21.3 Å². The van der Waals surface area contributed by atoms with E-state index in [0.29, 0.717) is 6.04 Å². The van der Waals surface area contributed by atoms with Crippen LogP contribution < -0.4 is 10.1 Å². The summed E-state index contributed by atoms with van der Waals surface area (Å²) in [6.45, 7) is 3.30. The van der Waals surface area contributed by atoms with Crippen LogP contribution in [-0.2, 0) is 0 Å². The van der Waals surface area contributed by atoms with E-state index in [2.05, 4.69) is 63.8 Å². The third-order valence-electron chi connectivity index (χ3n) is 3.21. The van der Waals surface area contributed by atoms with E-state index in [4.69, 9.17) is 4.74 Å². The van der Waals surface area contributed by atoms with Crippen LogP contribution in [0.2, 0.25) is 0 Å². The Morgan fingerprint density at radius 3 is 2.95 bits per heavy atom. The average molecular weight is 362 g/mol. The van der Waals surface area contributed by atoms with Crippen LogP contribution in [0.4, 0.5) is 0 Å². The zero-order valence-corrected chi connectivity index (χ0v) is 14.5. The van der Waals surface area contributed by atoms with Gasteiger partial charge >= 0.3 is 0 Å². The number of rotatable bonds is 5. The summed E-state index contributed by atoms with van der Waals surface area (Å²) in [7, 11) is 1.69. The smallest absolute Gasteiger partial charge is 0.133 e. The molecular weight excluding hydrogens is 342 g/mol. The fraction of sp³-hybridized carbons (Fsp3) is 0.571. The molecule has 0 bridgehead atoms. The van der Waals surface area contributed by atoms with E-state index < -0.39 is 0 Å². The first kappa shape index (κ1) is 15.5. The van der Waals surface area contributed by atoms with Crippen molar-refractivity contribution in [3.63, 3.8) is 0 Å². The minimum absolute atomic E-state index is 0.370. The van der Waals surface area contributed by atoms with Gasteiger partial charge in [0.25, 0.3) is 0 Å². The minimum atomic E-state index is 0.370. The zero-order valence-electron chi connectivity index (χ0n) is 11.3. The summed E-state index contributed by atoms with van der Waals surface area (Å²) in [5.41, 5.74) is 1.29. The zero-order chi connectivity index (χ0) is 13.7. The van der Waals surface area contributed by atoms with E-state index in [1.165, 1.54) is 22.8 Å². The van der Waals surface area contributed by atoms with E-state index in [0.717, 1.165) is 22.0 Å². The molecule has 5 heteroatoms. The molecule has 1 fully saturated rings. The van der Waals surface area contributed by atoms with Crippen LogP contribution in [-0.4, -0.2) is 36.2 Å². The molecule has 1 aliphatic rings. The van der Waals surface area contributed by atoms with Gasteiger partial charge in [0.15, 0.2) is 0 Å². The predicted molar refractivity (Wildman–Crippen MR) is 90.7 cm³/mol. The summed E-state index contributed by atoms with van der Waals surface area (Å²) in [6, 6.07) is 6.65. The quantitative estimate of drug-likeness (QED) is 0.856. The van der Waals surface area contributed by atoms with Crippen LogP contribution in [0.1, 0.15) is 18.5 Å². The standard InChI is InChI=1S/C14H20BrNOS2/c1-10(16-8-12-9-18-5-6-19-12)11-3-4-14(17-2)13(15)7-11/h3-4,7,10,12,16H,5-6,8-9H2,1-2H3. The molecule has 1 N–H and O–H groups in total. The van der Waals surface area contributed by atoms with Crippen LogP contribution in [0, 0.1) is 0 Å². The van der Waals surface area contributed by atoms with E-state index in [-0.39, 0.29) is 0 Å². The third kappa shape index (κ3) is 4.59. The molecule has 1 aliphatic heterocycles. The molecule has 1 aromatic rings. The Hall–Kier alpha value is 0.160. The van der Waals surface area contributed by atoms with Gasteiger partial charge in [-0.1, -0.05) is 6.07 Å². The molecule has 0 radical (unpaired) electrons. The van der Waals surface area contributed by atoms with Crippen LogP contribution in [0.25, 0.3) is 0 Å². The van der Waals surface area contributed by atoms with Crippen molar-refractivity contribution in [1.82, 2.24) is 5.32 Å². The van der Waals surface area contributed by atoms with Gasteiger partial charge in [-0.25, -0.2) is 0 Å². The lowest BCUT2D eigenvalue weighted by Gasteiger charge is -2.23. The second-order valence-electron chi connectivity index (χ2n) is 4.59. The van der Waals surface area contributed by atoms with Gasteiger partial charge < -0.3 is 10.1 Å². The maximum Gasteiger partial charge on any atom is 0.133 e. The van der Waals surface area contributed by atoms with Crippen molar-refractivity contribution in [3.05, 3.63) is 28.2 Å². The fourth-order valence-electron chi connectivity index (χ4n) is 2.03. The van der Waals surface area contributed by atoms with Gasteiger partial charge in [-0.3, -0.25) is 0 Å². The molecule has 0 amide bonds. The Balaban J connectivity index is 1.88. The highest BCUT2D eigenvalue weighted by Crippen LogP contribution is 2.28. The molecule has 2 unspecified atom stereocenters. The molecule has 2 atom stereocenters. The van der Waals surface area contributed by atoms with Gasteiger partial charge in [0, 0.05) is 35.1 Å². The molecule has 0 saturated carbocycles. The lowest BCUT2D eigenvalue weighted by atomic mass is 10.1. The SMILES string of the molecule is COc1ccc(C(C)NCC2CSCCS2)cc1Br. The summed E-state index contributed by atoms with van der Waals surface area (Å²) >= 11 is 7.71.